The Kier molecular flexibility index (Phi) is 2.48. The molecule has 0 spiro atoms. The normalized spacial score (nSPS) is 18.4. The molecule has 15 heavy (non-hydrogen) atoms. The molecule has 0 aliphatic carbocycles. The monoisotopic (exact) mass is 200 g/mol. The standard InChI is InChI=1S/C12H8O3/c13-8-10-6-7-15-12(10)11(14)9-4-2-1-3-5-9/h1-7,12H. The van der Waals surface area contributed by atoms with Crippen LogP contribution in [0.2, 0.25) is 0 Å². The van der Waals surface area contributed by atoms with E-state index in [1.165, 1.54) is 12.3 Å². The largest absolute Gasteiger partial charge is 0.484 e. The molecule has 1 heterocycles. The van der Waals surface area contributed by atoms with Gasteiger partial charge in [-0.1, -0.05) is 30.3 Å². The van der Waals surface area contributed by atoms with Crippen molar-refractivity contribution in [2.24, 2.45) is 0 Å². The molecule has 0 aromatic heterocycles. The van der Waals surface area contributed by atoms with Gasteiger partial charge in [-0.2, -0.15) is 0 Å². The zero-order valence-corrected chi connectivity index (χ0v) is 7.84. The van der Waals surface area contributed by atoms with Gasteiger partial charge in [0.15, 0.2) is 6.10 Å². The molecule has 3 nitrogen and oxygen atoms in total. The molecule has 1 atom stereocenters. The van der Waals surface area contributed by atoms with Gasteiger partial charge in [0.05, 0.1) is 11.8 Å². The molecule has 0 saturated heterocycles. The Morgan fingerprint density at radius 3 is 2.67 bits per heavy atom. The van der Waals surface area contributed by atoms with Crippen LogP contribution in [0.5, 0.6) is 0 Å². The van der Waals surface area contributed by atoms with Crippen LogP contribution >= 0.6 is 0 Å². The molecule has 0 saturated carbocycles. The minimum atomic E-state index is -0.829. The van der Waals surface area contributed by atoms with Crippen molar-refractivity contribution in [3.05, 3.63) is 53.8 Å². The number of hydrogen-bond donors (Lipinski definition) is 0. The topological polar surface area (TPSA) is 43.4 Å². The van der Waals surface area contributed by atoms with Crippen LogP contribution in [0.4, 0.5) is 0 Å². The molecular formula is C12H8O3. The zero-order chi connectivity index (χ0) is 10.7. The number of rotatable bonds is 2. The van der Waals surface area contributed by atoms with Crippen LogP contribution in [-0.2, 0) is 9.53 Å². The molecule has 2 rings (SSSR count). The summed E-state index contributed by atoms with van der Waals surface area (Å²) < 4.78 is 5.04. The van der Waals surface area contributed by atoms with Crippen molar-refractivity contribution >= 4 is 11.7 Å². The summed E-state index contributed by atoms with van der Waals surface area (Å²) in [7, 11) is 0. The first-order valence-corrected chi connectivity index (χ1v) is 4.49. The second-order valence-electron chi connectivity index (χ2n) is 3.11. The SMILES string of the molecule is O=C=C1C=COC1C(=O)c1ccccc1. The number of ketones is 1. The average molecular weight is 200 g/mol. The van der Waals surface area contributed by atoms with E-state index in [2.05, 4.69) is 0 Å². The van der Waals surface area contributed by atoms with E-state index in [0.29, 0.717) is 5.56 Å². The van der Waals surface area contributed by atoms with Gasteiger partial charge in [0.2, 0.25) is 5.78 Å². The number of ether oxygens (including phenoxy) is 1. The second kappa shape index (κ2) is 3.95. The summed E-state index contributed by atoms with van der Waals surface area (Å²) in [6, 6.07) is 8.72. The van der Waals surface area contributed by atoms with E-state index in [4.69, 9.17) is 4.74 Å². The van der Waals surface area contributed by atoms with E-state index in [-0.39, 0.29) is 11.4 Å². The molecular weight excluding hydrogens is 192 g/mol. The highest BCUT2D eigenvalue weighted by Crippen LogP contribution is 2.18. The lowest BCUT2D eigenvalue weighted by molar-refractivity contribution is 0.0802. The summed E-state index contributed by atoms with van der Waals surface area (Å²) in [5.41, 5.74) is 0.766. The first kappa shape index (κ1) is 9.44. The molecule has 0 N–H and O–H groups in total. The third-order valence-corrected chi connectivity index (χ3v) is 2.16. The maximum absolute atomic E-state index is 11.9. The Balaban J connectivity index is 2.27. The number of hydrogen-bond acceptors (Lipinski definition) is 3. The number of Topliss-reactive ketones (excluding diaryl/α,β-unsaturated/α-hetero) is 1. The molecule has 1 aromatic rings. The molecule has 1 unspecified atom stereocenters. The van der Waals surface area contributed by atoms with E-state index >= 15 is 0 Å². The van der Waals surface area contributed by atoms with Crippen molar-refractivity contribution in [3.8, 4) is 0 Å². The molecule has 0 radical (unpaired) electrons. The maximum Gasteiger partial charge on any atom is 0.208 e. The van der Waals surface area contributed by atoms with Gasteiger partial charge in [-0.3, -0.25) is 4.79 Å². The van der Waals surface area contributed by atoms with Crippen LogP contribution in [0.15, 0.2) is 48.2 Å². The summed E-state index contributed by atoms with van der Waals surface area (Å²) in [4.78, 5) is 22.4. The van der Waals surface area contributed by atoms with Gasteiger partial charge in [0.1, 0.15) is 5.94 Å². The molecule has 1 aliphatic heterocycles. The van der Waals surface area contributed by atoms with Gasteiger partial charge in [-0.25, -0.2) is 4.79 Å². The lowest BCUT2D eigenvalue weighted by Crippen LogP contribution is -2.21. The van der Waals surface area contributed by atoms with E-state index in [1.54, 1.807) is 30.2 Å². The van der Waals surface area contributed by atoms with Gasteiger partial charge in [0, 0.05) is 5.56 Å². The average Bonchev–Trinajstić information content (AvgIpc) is 2.77. The van der Waals surface area contributed by atoms with Crippen LogP contribution in [0.3, 0.4) is 0 Å². The zero-order valence-electron chi connectivity index (χ0n) is 7.84. The Hall–Kier alpha value is -2.12. The number of benzene rings is 1. The fourth-order valence-electron chi connectivity index (χ4n) is 1.40. The van der Waals surface area contributed by atoms with Crippen molar-refractivity contribution in [1.82, 2.24) is 0 Å². The third kappa shape index (κ3) is 1.73. The summed E-state index contributed by atoms with van der Waals surface area (Å²) in [5, 5.41) is 0. The number of carbonyl (C=O) groups is 1. The Bertz CT molecular complexity index is 453. The minimum absolute atomic E-state index is 0.223. The summed E-state index contributed by atoms with van der Waals surface area (Å²) in [6.07, 6.45) is 1.97. The third-order valence-electron chi connectivity index (χ3n) is 2.16. The van der Waals surface area contributed by atoms with Crippen molar-refractivity contribution in [1.29, 1.82) is 0 Å². The lowest BCUT2D eigenvalue weighted by Gasteiger charge is -2.08. The minimum Gasteiger partial charge on any atom is -0.484 e. The molecule has 0 fully saturated rings. The van der Waals surface area contributed by atoms with Crippen LogP contribution in [0, 0.1) is 0 Å². The van der Waals surface area contributed by atoms with Gasteiger partial charge in [-0.05, 0) is 6.08 Å². The van der Waals surface area contributed by atoms with Gasteiger partial charge < -0.3 is 4.74 Å². The van der Waals surface area contributed by atoms with Gasteiger partial charge in [-0.15, -0.1) is 0 Å². The van der Waals surface area contributed by atoms with Crippen LogP contribution in [0.25, 0.3) is 0 Å². The van der Waals surface area contributed by atoms with Gasteiger partial charge >= 0.3 is 0 Å². The number of carbonyl (C=O) groups excluding carboxylic acids is 2. The van der Waals surface area contributed by atoms with Crippen molar-refractivity contribution in [2.75, 3.05) is 0 Å². The fraction of sp³-hybridized carbons (Fsp3) is 0.0833. The molecule has 0 bridgehead atoms. The highest BCUT2D eigenvalue weighted by Gasteiger charge is 2.27. The Labute approximate surface area is 86.7 Å². The molecule has 3 heteroatoms. The van der Waals surface area contributed by atoms with Crippen molar-refractivity contribution in [3.63, 3.8) is 0 Å². The van der Waals surface area contributed by atoms with Crippen molar-refractivity contribution in [2.45, 2.75) is 6.10 Å². The molecule has 74 valence electrons. The maximum atomic E-state index is 11.9. The van der Waals surface area contributed by atoms with Crippen molar-refractivity contribution < 1.29 is 14.3 Å². The smallest absolute Gasteiger partial charge is 0.208 e. The summed E-state index contributed by atoms with van der Waals surface area (Å²) in [5.74, 6) is 1.48. The molecule has 0 amide bonds. The van der Waals surface area contributed by atoms with Gasteiger partial charge in [0.25, 0.3) is 0 Å². The highest BCUT2D eigenvalue weighted by atomic mass is 16.5. The summed E-state index contributed by atoms with van der Waals surface area (Å²) in [6.45, 7) is 0. The van der Waals surface area contributed by atoms with Crippen LogP contribution < -0.4 is 0 Å². The summed E-state index contributed by atoms with van der Waals surface area (Å²) >= 11 is 0. The first-order chi connectivity index (χ1) is 7.33. The quantitative estimate of drug-likeness (QED) is 0.537. The van der Waals surface area contributed by atoms with Crippen LogP contribution in [0.1, 0.15) is 10.4 Å². The fourth-order valence-corrected chi connectivity index (χ4v) is 1.40. The lowest BCUT2D eigenvalue weighted by atomic mass is 10.0. The highest BCUT2D eigenvalue weighted by molar-refractivity contribution is 6.03. The Morgan fingerprint density at radius 1 is 1.27 bits per heavy atom. The Morgan fingerprint density at radius 2 is 2.00 bits per heavy atom. The molecule has 1 aromatic carbocycles. The van der Waals surface area contributed by atoms with E-state index < -0.39 is 6.10 Å². The predicted molar refractivity (Wildman–Crippen MR) is 54.0 cm³/mol. The van der Waals surface area contributed by atoms with Crippen LogP contribution in [-0.4, -0.2) is 17.8 Å². The first-order valence-electron chi connectivity index (χ1n) is 4.49. The van der Waals surface area contributed by atoms with E-state index in [0.717, 1.165) is 0 Å². The van der Waals surface area contributed by atoms with E-state index in [1.807, 2.05) is 6.07 Å². The predicted octanol–water partition coefficient (Wildman–Crippen LogP) is 1.54. The van der Waals surface area contributed by atoms with E-state index in [9.17, 15) is 9.59 Å². The molecule has 1 aliphatic rings. The second-order valence-corrected chi connectivity index (χ2v) is 3.11.